The van der Waals surface area contributed by atoms with Gasteiger partial charge in [0.2, 0.25) is 0 Å². The van der Waals surface area contributed by atoms with Gasteiger partial charge in [0.05, 0.1) is 15.7 Å². The third-order valence-corrected chi connectivity index (χ3v) is 3.62. The molecular weight excluding hydrogens is 301 g/mol. The Hall–Kier alpha value is -1.78. The molecule has 6 heteroatoms. The fourth-order valence-electron chi connectivity index (χ4n) is 1.99. The van der Waals surface area contributed by atoms with E-state index in [1.165, 1.54) is 23.6 Å². The van der Waals surface area contributed by atoms with Crippen molar-refractivity contribution in [3.05, 3.63) is 55.9 Å². The van der Waals surface area contributed by atoms with E-state index < -0.39 is 11.3 Å². The normalized spacial score (nSPS) is 10.6. The molecule has 0 radical (unpaired) electrons. The van der Waals surface area contributed by atoms with Gasteiger partial charge in [0.25, 0.3) is 5.56 Å². The summed E-state index contributed by atoms with van der Waals surface area (Å²) >= 11 is 11.8. The lowest BCUT2D eigenvalue weighted by Crippen LogP contribution is -2.26. The minimum Gasteiger partial charge on any atom is -0.507 e. The standard InChI is InChI=1S/C14H11Cl2NO3/c1-7-5-12(19)13(8(2)18)14(20)17(7)9-3-4-10(15)11(16)6-9/h3-6,19H,1-2H3. The van der Waals surface area contributed by atoms with Crippen LogP contribution >= 0.6 is 23.2 Å². The second-order valence-corrected chi connectivity index (χ2v) is 5.16. The van der Waals surface area contributed by atoms with E-state index in [9.17, 15) is 14.7 Å². The number of aromatic nitrogens is 1. The topological polar surface area (TPSA) is 59.3 Å². The van der Waals surface area contributed by atoms with Gasteiger partial charge in [-0.3, -0.25) is 14.2 Å². The molecule has 1 aromatic carbocycles. The molecule has 0 aliphatic heterocycles. The number of benzene rings is 1. The van der Waals surface area contributed by atoms with Crippen LogP contribution in [0.1, 0.15) is 23.0 Å². The molecule has 1 N–H and O–H groups in total. The first-order valence-corrected chi connectivity index (χ1v) is 6.50. The summed E-state index contributed by atoms with van der Waals surface area (Å²) in [6.07, 6.45) is 0. The summed E-state index contributed by atoms with van der Waals surface area (Å²) in [5, 5.41) is 10.4. The van der Waals surface area contributed by atoms with Crippen LogP contribution in [0.4, 0.5) is 0 Å². The lowest BCUT2D eigenvalue weighted by atomic mass is 10.1. The molecule has 0 saturated heterocycles. The molecule has 2 aromatic rings. The molecule has 0 amide bonds. The van der Waals surface area contributed by atoms with Crippen LogP contribution in [0.2, 0.25) is 10.0 Å². The van der Waals surface area contributed by atoms with Crippen molar-refractivity contribution in [2.75, 3.05) is 0 Å². The largest absolute Gasteiger partial charge is 0.507 e. The molecular formula is C14H11Cl2NO3. The number of hydrogen-bond acceptors (Lipinski definition) is 3. The number of pyridine rings is 1. The molecule has 0 aliphatic rings. The van der Waals surface area contributed by atoms with Crippen LogP contribution in [0, 0.1) is 6.92 Å². The van der Waals surface area contributed by atoms with Crippen LogP contribution in [0.5, 0.6) is 5.75 Å². The quantitative estimate of drug-likeness (QED) is 0.865. The van der Waals surface area contributed by atoms with E-state index in [1.54, 1.807) is 19.1 Å². The van der Waals surface area contributed by atoms with Gasteiger partial charge in [-0.05, 0) is 32.0 Å². The highest BCUT2D eigenvalue weighted by Crippen LogP contribution is 2.25. The maximum absolute atomic E-state index is 12.4. The second kappa shape index (κ2) is 5.31. The smallest absolute Gasteiger partial charge is 0.269 e. The Morgan fingerprint density at radius 3 is 2.40 bits per heavy atom. The molecule has 0 unspecified atom stereocenters. The highest BCUT2D eigenvalue weighted by molar-refractivity contribution is 6.42. The van der Waals surface area contributed by atoms with Gasteiger partial charge in [-0.1, -0.05) is 23.2 Å². The SMILES string of the molecule is CC(=O)c1c(O)cc(C)n(-c2ccc(Cl)c(Cl)c2)c1=O. The Morgan fingerprint density at radius 2 is 1.85 bits per heavy atom. The van der Waals surface area contributed by atoms with E-state index in [0.29, 0.717) is 21.4 Å². The van der Waals surface area contributed by atoms with Gasteiger partial charge < -0.3 is 5.11 Å². The highest BCUT2D eigenvalue weighted by Gasteiger charge is 2.17. The molecule has 0 saturated carbocycles. The van der Waals surface area contributed by atoms with Crippen LogP contribution in [0.15, 0.2) is 29.1 Å². The fraction of sp³-hybridized carbons (Fsp3) is 0.143. The zero-order chi connectivity index (χ0) is 15.0. The Balaban J connectivity index is 2.80. The van der Waals surface area contributed by atoms with Gasteiger partial charge in [0, 0.05) is 11.8 Å². The monoisotopic (exact) mass is 311 g/mol. The molecule has 20 heavy (non-hydrogen) atoms. The minimum atomic E-state index is -0.589. The molecule has 0 bridgehead atoms. The first-order chi connectivity index (χ1) is 9.32. The average Bonchev–Trinajstić information content (AvgIpc) is 2.32. The summed E-state index contributed by atoms with van der Waals surface area (Å²) in [5.74, 6) is -0.822. The summed E-state index contributed by atoms with van der Waals surface area (Å²) in [6.45, 7) is 2.87. The van der Waals surface area contributed by atoms with Crippen molar-refractivity contribution in [1.29, 1.82) is 0 Å². The highest BCUT2D eigenvalue weighted by atomic mass is 35.5. The van der Waals surface area contributed by atoms with E-state index in [2.05, 4.69) is 0 Å². The zero-order valence-corrected chi connectivity index (χ0v) is 12.3. The van der Waals surface area contributed by atoms with E-state index in [-0.39, 0.29) is 11.3 Å². The number of aromatic hydroxyl groups is 1. The Labute approximate surface area is 125 Å². The first-order valence-electron chi connectivity index (χ1n) is 5.75. The average molecular weight is 312 g/mol. The number of carbonyl (C=O) groups is 1. The molecule has 1 heterocycles. The van der Waals surface area contributed by atoms with E-state index in [1.807, 2.05) is 0 Å². The predicted octanol–water partition coefficient (Wildman–Crippen LogP) is 3.36. The number of nitrogens with zero attached hydrogens (tertiary/aromatic N) is 1. The van der Waals surface area contributed by atoms with Crippen molar-refractivity contribution in [3.63, 3.8) is 0 Å². The number of Topliss-reactive ketones (excluding diaryl/α,β-unsaturated/α-hetero) is 1. The summed E-state index contributed by atoms with van der Waals surface area (Å²) in [6, 6.07) is 6.06. The van der Waals surface area contributed by atoms with Crippen LogP contribution in [0.25, 0.3) is 5.69 Å². The molecule has 104 valence electrons. The fourth-order valence-corrected chi connectivity index (χ4v) is 2.28. The molecule has 0 fully saturated rings. The van der Waals surface area contributed by atoms with Crippen LogP contribution in [0.3, 0.4) is 0 Å². The zero-order valence-electron chi connectivity index (χ0n) is 10.8. The Kier molecular flexibility index (Phi) is 3.88. The predicted molar refractivity (Wildman–Crippen MR) is 78.5 cm³/mol. The summed E-state index contributed by atoms with van der Waals surface area (Å²) in [5.41, 5.74) is 0.121. The van der Waals surface area contributed by atoms with E-state index in [4.69, 9.17) is 23.2 Å². The van der Waals surface area contributed by atoms with Crippen molar-refractivity contribution < 1.29 is 9.90 Å². The lowest BCUT2D eigenvalue weighted by molar-refractivity contribution is 0.101. The van der Waals surface area contributed by atoms with Crippen LogP contribution in [-0.2, 0) is 0 Å². The Bertz CT molecular complexity index is 766. The molecule has 0 atom stereocenters. The van der Waals surface area contributed by atoms with Gasteiger partial charge in [-0.25, -0.2) is 0 Å². The van der Waals surface area contributed by atoms with Crippen molar-refractivity contribution in [1.82, 2.24) is 4.57 Å². The lowest BCUT2D eigenvalue weighted by Gasteiger charge is -2.13. The second-order valence-electron chi connectivity index (χ2n) is 4.34. The van der Waals surface area contributed by atoms with E-state index in [0.717, 1.165) is 0 Å². The summed E-state index contributed by atoms with van der Waals surface area (Å²) in [7, 11) is 0. The molecule has 0 spiro atoms. The van der Waals surface area contributed by atoms with Gasteiger partial charge in [-0.15, -0.1) is 0 Å². The first kappa shape index (κ1) is 14.6. The summed E-state index contributed by atoms with van der Waals surface area (Å²) in [4.78, 5) is 23.8. The number of carbonyl (C=O) groups excluding carboxylic acids is 1. The maximum Gasteiger partial charge on any atom is 0.269 e. The molecule has 2 rings (SSSR count). The number of hydrogen-bond donors (Lipinski definition) is 1. The van der Waals surface area contributed by atoms with Gasteiger partial charge >= 0.3 is 0 Å². The number of ketones is 1. The van der Waals surface area contributed by atoms with Crippen molar-refractivity contribution in [2.45, 2.75) is 13.8 Å². The van der Waals surface area contributed by atoms with Gasteiger partial charge in [-0.2, -0.15) is 0 Å². The molecule has 4 nitrogen and oxygen atoms in total. The van der Waals surface area contributed by atoms with Crippen LogP contribution in [-0.4, -0.2) is 15.5 Å². The van der Waals surface area contributed by atoms with E-state index >= 15 is 0 Å². The van der Waals surface area contributed by atoms with Gasteiger partial charge in [0.15, 0.2) is 5.78 Å². The molecule has 0 aliphatic carbocycles. The minimum absolute atomic E-state index is 0.248. The third-order valence-electron chi connectivity index (χ3n) is 2.88. The number of rotatable bonds is 2. The third kappa shape index (κ3) is 2.44. The Morgan fingerprint density at radius 1 is 1.20 bits per heavy atom. The van der Waals surface area contributed by atoms with Crippen molar-refractivity contribution in [3.8, 4) is 11.4 Å². The van der Waals surface area contributed by atoms with Gasteiger partial charge in [0.1, 0.15) is 11.3 Å². The number of aryl methyl sites for hydroxylation is 1. The number of halogens is 2. The van der Waals surface area contributed by atoms with Crippen molar-refractivity contribution in [2.24, 2.45) is 0 Å². The summed E-state index contributed by atoms with van der Waals surface area (Å²) < 4.78 is 1.30. The van der Waals surface area contributed by atoms with Crippen molar-refractivity contribution >= 4 is 29.0 Å². The molecule has 1 aromatic heterocycles. The van der Waals surface area contributed by atoms with Crippen LogP contribution < -0.4 is 5.56 Å². The maximum atomic E-state index is 12.4.